The first-order chi connectivity index (χ1) is 18.6. The zero-order chi connectivity index (χ0) is 26.3. The minimum atomic E-state index is -0.442. The Bertz CT molecular complexity index is 1560. The van der Waals surface area contributed by atoms with E-state index in [0.29, 0.717) is 36.8 Å². The Morgan fingerprint density at radius 3 is 2.79 bits per heavy atom. The number of carbonyl (C=O) groups is 2. The molecule has 194 valence electrons. The number of benzene rings is 2. The molecular formula is C28H30N7O3+. The summed E-state index contributed by atoms with van der Waals surface area (Å²) in [6.45, 7) is 1.88. The van der Waals surface area contributed by atoms with Crippen LogP contribution in [0.5, 0.6) is 0 Å². The Labute approximate surface area is 219 Å². The van der Waals surface area contributed by atoms with Crippen molar-refractivity contribution in [2.75, 3.05) is 0 Å². The lowest BCUT2D eigenvalue weighted by Crippen LogP contribution is -2.31. The first-order valence-electron chi connectivity index (χ1n) is 12.9. The minimum absolute atomic E-state index is 0.141. The van der Waals surface area contributed by atoms with Crippen LogP contribution in [0.25, 0.3) is 28.0 Å². The second-order valence-electron chi connectivity index (χ2n) is 9.32. The van der Waals surface area contributed by atoms with Crippen molar-refractivity contribution in [3.05, 3.63) is 72.6 Å². The number of hydrogen-bond acceptors (Lipinski definition) is 7. The molecule has 0 unspecified atom stereocenters. The van der Waals surface area contributed by atoms with Gasteiger partial charge in [0.15, 0.2) is 6.33 Å². The molecule has 10 heteroatoms. The van der Waals surface area contributed by atoms with Crippen LogP contribution in [-0.4, -0.2) is 37.0 Å². The van der Waals surface area contributed by atoms with E-state index in [2.05, 4.69) is 36.6 Å². The van der Waals surface area contributed by atoms with Gasteiger partial charge in [0.05, 0.1) is 12.6 Å². The van der Waals surface area contributed by atoms with E-state index in [-0.39, 0.29) is 18.1 Å². The van der Waals surface area contributed by atoms with Gasteiger partial charge in [0.25, 0.3) is 0 Å². The Morgan fingerprint density at radius 2 is 1.92 bits per heavy atom. The number of Topliss-reactive ketones (excluding diaryl/α,β-unsaturated/α-hetero) is 1. The molecule has 0 saturated heterocycles. The summed E-state index contributed by atoms with van der Waals surface area (Å²) in [6, 6.07) is 13.6. The minimum Gasteiger partial charge on any atom is -0.418 e. The molecule has 3 aromatic heterocycles. The van der Waals surface area contributed by atoms with Gasteiger partial charge in [0.1, 0.15) is 18.0 Å². The highest BCUT2D eigenvalue weighted by atomic mass is 16.4. The molecule has 3 heterocycles. The van der Waals surface area contributed by atoms with Crippen molar-refractivity contribution < 1.29 is 18.5 Å². The van der Waals surface area contributed by atoms with Crippen LogP contribution in [0.15, 0.2) is 65.6 Å². The highest BCUT2D eigenvalue weighted by Gasteiger charge is 2.22. The molecule has 0 aliphatic heterocycles. The molecule has 5 rings (SSSR count). The maximum Gasteiger partial charge on any atom is 0.456 e. The number of carbonyl (C=O) groups excluding carboxylic acids is 2. The van der Waals surface area contributed by atoms with Crippen molar-refractivity contribution in [3.63, 3.8) is 0 Å². The fourth-order valence-corrected chi connectivity index (χ4v) is 4.42. The maximum atomic E-state index is 13.0. The van der Waals surface area contributed by atoms with Crippen LogP contribution < -0.4 is 9.83 Å². The van der Waals surface area contributed by atoms with E-state index >= 15 is 0 Å². The maximum absolute atomic E-state index is 13.0. The number of ketones is 1. The van der Waals surface area contributed by atoms with Gasteiger partial charge in [-0.15, -0.1) is 14.7 Å². The molecule has 0 radical (unpaired) electrons. The number of fused-ring (bicyclic) bond motifs is 2. The number of hydrogen-bond donors (Lipinski definition) is 2. The van der Waals surface area contributed by atoms with Crippen molar-refractivity contribution >= 4 is 28.2 Å². The third-order valence-electron chi connectivity index (χ3n) is 6.51. The van der Waals surface area contributed by atoms with Gasteiger partial charge in [-0.25, -0.2) is 5.10 Å². The van der Waals surface area contributed by atoms with E-state index < -0.39 is 6.04 Å². The van der Waals surface area contributed by atoms with Gasteiger partial charge in [-0.3, -0.25) is 9.59 Å². The van der Waals surface area contributed by atoms with Crippen molar-refractivity contribution in [2.45, 2.75) is 57.9 Å². The van der Waals surface area contributed by atoms with Crippen molar-refractivity contribution in [1.29, 1.82) is 0 Å². The molecule has 0 aliphatic carbocycles. The van der Waals surface area contributed by atoms with Crippen LogP contribution in [0.1, 0.15) is 62.9 Å². The number of amides is 1. The summed E-state index contributed by atoms with van der Waals surface area (Å²) in [5, 5.41) is 16.8. The SMILES string of the molecule is CCC(=O)CCCCC[C@H](NC(=O)Cc1cnc2nc[nH][n+]2c1)c1nnc(-c2ccc3ccccc3c2)o1. The van der Waals surface area contributed by atoms with Crippen LogP contribution in [0.4, 0.5) is 0 Å². The molecule has 5 aromatic rings. The summed E-state index contributed by atoms with van der Waals surface area (Å²) < 4.78 is 7.73. The quantitative estimate of drug-likeness (QED) is 0.190. The molecular weight excluding hydrogens is 482 g/mol. The predicted octanol–water partition coefficient (Wildman–Crippen LogP) is 4.08. The Balaban J connectivity index is 1.30. The summed E-state index contributed by atoms with van der Waals surface area (Å²) in [4.78, 5) is 33.0. The third kappa shape index (κ3) is 6.08. The highest BCUT2D eigenvalue weighted by Crippen LogP contribution is 2.27. The third-order valence-corrected chi connectivity index (χ3v) is 6.51. The Kier molecular flexibility index (Phi) is 7.77. The molecule has 0 fully saturated rings. The molecule has 0 bridgehead atoms. The summed E-state index contributed by atoms with van der Waals surface area (Å²) in [5.74, 6) is 1.39. The number of H-pyrrole nitrogens is 1. The van der Waals surface area contributed by atoms with Crippen molar-refractivity contribution in [1.82, 2.24) is 30.6 Å². The number of nitrogens with one attached hydrogen (secondary N) is 2. The van der Waals surface area contributed by atoms with Crippen LogP contribution in [0.3, 0.4) is 0 Å². The molecule has 2 N–H and O–H groups in total. The van der Waals surface area contributed by atoms with Crippen molar-refractivity contribution in [3.8, 4) is 11.5 Å². The molecule has 0 saturated carbocycles. The normalized spacial score (nSPS) is 12.1. The van der Waals surface area contributed by atoms with Gasteiger partial charge in [-0.05, 0) is 35.7 Å². The van der Waals surface area contributed by atoms with Gasteiger partial charge in [-0.2, -0.15) is 0 Å². The molecule has 10 nitrogen and oxygen atoms in total. The first kappa shape index (κ1) is 25.2. The molecule has 0 spiro atoms. The number of nitrogens with zero attached hydrogens (tertiary/aromatic N) is 5. The van der Waals surface area contributed by atoms with Gasteiger partial charge < -0.3 is 9.73 Å². The van der Waals surface area contributed by atoms with E-state index in [1.165, 1.54) is 0 Å². The zero-order valence-electron chi connectivity index (χ0n) is 21.3. The second-order valence-corrected chi connectivity index (χ2v) is 9.32. The highest BCUT2D eigenvalue weighted by molar-refractivity contribution is 5.86. The summed E-state index contributed by atoms with van der Waals surface area (Å²) in [7, 11) is 0. The van der Waals surface area contributed by atoms with E-state index in [1.54, 1.807) is 23.2 Å². The molecule has 1 atom stereocenters. The number of aromatic nitrogens is 6. The van der Waals surface area contributed by atoms with E-state index in [0.717, 1.165) is 41.2 Å². The van der Waals surface area contributed by atoms with Gasteiger partial charge in [0.2, 0.25) is 17.7 Å². The van der Waals surface area contributed by atoms with Crippen LogP contribution in [0, 0.1) is 0 Å². The second kappa shape index (κ2) is 11.7. The zero-order valence-corrected chi connectivity index (χ0v) is 21.3. The Hall–Kier alpha value is -4.47. The molecule has 38 heavy (non-hydrogen) atoms. The average Bonchev–Trinajstić information content (AvgIpc) is 3.61. The van der Waals surface area contributed by atoms with Crippen molar-refractivity contribution in [2.24, 2.45) is 0 Å². The lowest BCUT2D eigenvalue weighted by atomic mass is 10.0. The largest absolute Gasteiger partial charge is 0.456 e. The van der Waals surface area contributed by atoms with E-state index in [9.17, 15) is 9.59 Å². The topological polar surface area (TPSA) is 131 Å². The fourth-order valence-electron chi connectivity index (χ4n) is 4.42. The van der Waals surface area contributed by atoms with Gasteiger partial charge >= 0.3 is 5.78 Å². The molecule has 1 amide bonds. The van der Waals surface area contributed by atoms with Gasteiger partial charge in [-0.1, -0.05) is 60.1 Å². The smallest absolute Gasteiger partial charge is 0.418 e. The average molecular weight is 513 g/mol. The van der Waals surface area contributed by atoms with E-state index in [4.69, 9.17) is 4.42 Å². The summed E-state index contributed by atoms with van der Waals surface area (Å²) in [5.41, 5.74) is 1.56. The number of unbranched alkanes of at least 4 members (excludes halogenated alkanes) is 2. The standard InChI is InChI=1S/C28H29N7O3/c1-2-23(36)10-4-3-5-11-24(32-25(37)14-19-16-29-28-30-18-31-35(28)17-19)27-34-33-26(38-27)22-13-12-20-8-6-7-9-21(20)15-22/h6-9,12-13,15-18,24H,2-5,10-11,14H2,1H3,(H,32,37)/p+1/t24-/m0/s1. The van der Waals surface area contributed by atoms with Crippen LogP contribution in [-0.2, 0) is 16.0 Å². The predicted molar refractivity (Wildman–Crippen MR) is 140 cm³/mol. The van der Waals surface area contributed by atoms with Crippen LogP contribution >= 0.6 is 0 Å². The lowest BCUT2D eigenvalue weighted by Gasteiger charge is -2.15. The van der Waals surface area contributed by atoms with Gasteiger partial charge in [0, 0.05) is 24.0 Å². The fraction of sp³-hybridized carbons (Fsp3) is 0.321. The monoisotopic (exact) mass is 512 g/mol. The lowest BCUT2D eigenvalue weighted by molar-refractivity contribution is -0.580. The van der Waals surface area contributed by atoms with Crippen LogP contribution in [0.2, 0.25) is 0 Å². The molecule has 2 aromatic carbocycles. The summed E-state index contributed by atoms with van der Waals surface area (Å²) in [6.07, 6.45) is 9.40. The molecule has 0 aliphatic rings. The van der Waals surface area contributed by atoms with E-state index in [1.807, 2.05) is 43.3 Å². The first-order valence-corrected chi connectivity index (χ1v) is 12.9. The number of rotatable bonds is 12. The number of aromatic amines is 1. The Morgan fingerprint density at radius 1 is 1.05 bits per heavy atom. The summed E-state index contributed by atoms with van der Waals surface area (Å²) >= 11 is 0.